The third kappa shape index (κ3) is 5.61. The number of nitrogens with one attached hydrogen (secondary N) is 2. The fourth-order valence-corrected chi connectivity index (χ4v) is 3.22. The largest absolute Gasteiger partial charge is 0.457 e. The first kappa shape index (κ1) is 21.4. The summed E-state index contributed by atoms with van der Waals surface area (Å²) in [6.07, 6.45) is 2.85. The van der Waals surface area contributed by atoms with Crippen LogP contribution in [0.1, 0.15) is 11.3 Å². The van der Waals surface area contributed by atoms with E-state index in [4.69, 9.17) is 51.4 Å². The van der Waals surface area contributed by atoms with E-state index >= 15 is 0 Å². The molecule has 0 bridgehead atoms. The van der Waals surface area contributed by atoms with Crippen molar-refractivity contribution in [2.24, 2.45) is 0 Å². The Balaban J connectivity index is 1.60. The monoisotopic (exact) mass is 464 g/mol. The normalized spacial score (nSPS) is 10.9. The van der Waals surface area contributed by atoms with Gasteiger partial charge < -0.3 is 9.73 Å². The van der Waals surface area contributed by atoms with Crippen molar-refractivity contribution in [1.29, 1.82) is 0 Å². The topological polar surface area (TPSA) is 54.3 Å². The Hall–Kier alpha value is -2.31. The van der Waals surface area contributed by atoms with Crippen LogP contribution in [0.15, 0.2) is 59.0 Å². The molecule has 8 heteroatoms. The minimum Gasteiger partial charge on any atom is -0.457 e. The molecule has 2 N–H and O–H groups in total. The van der Waals surface area contributed by atoms with E-state index in [1.165, 1.54) is 12.2 Å². The fourth-order valence-electron chi connectivity index (χ4n) is 2.43. The molecule has 0 fully saturated rings. The number of thiocarbonyl (C=S) groups is 1. The van der Waals surface area contributed by atoms with Crippen LogP contribution in [0.4, 0.5) is 5.69 Å². The van der Waals surface area contributed by atoms with Crippen molar-refractivity contribution in [2.75, 3.05) is 5.32 Å². The van der Waals surface area contributed by atoms with Gasteiger partial charge in [-0.3, -0.25) is 10.1 Å². The molecule has 0 aliphatic heterocycles. The van der Waals surface area contributed by atoms with Crippen molar-refractivity contribution < 1.29 is 9.21 Å². The van der Waals surface area contributed by atoms with Crippen LogP contribution in [0, 0.1) is 6.92 Å². The average molecular weight is 466 g/mol. The van der Waals surface area contributed by atoms with Gasteiger partial charge in [-0.15, -0.1) is 0 Å². The summed E-state index contributed by atoms with van der Waals surface area (Å²) in [6.45, 7) is 1.90. The third-order valence-electron chi connectivity index (χ3n) is 3.91. The van der Waals surface area contributed by atoms with Crippen LogP contribution in [-0.4, -0.2) is 11.0 Å². The predicted molar refractivity (Wildman–Crippen MR) is 124 cm³/mol. The maximum absolute atomic E-state index is 12.1. The highest BCUT2D eigenvalue weighted by Gasteiger charge is 2.10. The predicted octanol–water partition coefficient (Wildman–Crippen LogP) is 6.74. The first-order valence-corrected chi connectivity index (χ1v) is 9.98. The molecule has 0 radical (unpaired) electrons. The number of amides is 1. The second-order valence-corrected chi connectivity index (χ2v) is 7.64. The van der Waals surface area contributed by atoms with Crippen LogP contribution in [0.25, 0.3) is 17.4 Å². The van der Waals surface area contributed by atoms with Gasteiger partial charge in [-0.25, -0.2) is 0 Å². The van der Waals surface area contributed by atoms with Gasteiger partial charge in [-0.05, 0) is 67.2 Å². The molecule has 3 aromatic rings. The number of furan rings is 1. The van der Waals surface area contributed by atoms with E-state index in [1.54, 1.807) is 36.4 Å². The van der Waals surface area contributed by atoms with E-state index in [0.717, 1.165) is 5.56 Å². The quantitative estimate of drug-likeness (QED) is 0.331. The molecule has 4 nitrogen and oxygen atoms in total. The molecule has 0 atom stereocenters. The molecule has 1 aromatic heterocycles. The maximum atomic E-state index is 12.1. The second-order valence-electron chi connectivity index (χ2n) is 6.04. The standard InChI is InChI=1S/C21H15Cl3N2O2S/c1-12-5-6-13(11-17(12)23)25-21(29)26-19(27)10-8-14-7-9-18(28-14)15-3-2-4-16(22)20(15)24/h2-11H,1H3,(H2,25,26,27,29). The summed E-state index contributed by atoms with van der Waals surface area (Å²) in [5.74, 6) is 0.626. The lowest BCUT2D eigenvalue weighted by atomic mass is 10.2. The first-order valence-electron chi connectivity index (χ1n) is 8.44. The van der Waals surface area contributed by atoms with Gasteiger partial charge >= 0.3 is 0 Å². The van der Waals surface area contributed by atoms with Crippen molar-refractivity contribution >= 4 is 69.8 Å². The molecule has 1 heterocycles. The number of hydrogen-bond acceptors (Lipinski definition) is 3. The highest BCUT2D eigenvalue weighted by Crippen LogP contribution is 2.34. The smallest absolute Gasteiger partial charge is 0.250 e. The van der Waals surface area contributed by atoms with E-state index in [9.17, 15) is 4.79 Å². The first-order chi connectivity index (χ1) is 13.8. The van der Waals surface area contributed by atoms with Crippen molar-refractivity contribution in [1.82, 2.24) is 5.32 Å². The van der Waals surface area contributed by atoms with Crippen LogP contribution in [0.5, 0.6) is 0 Å². The SMILES string of the molecule is Cc1ccc(NC(=S)NC(=O)C=Cc2ccc(-c3cccc(Cl)c3Cl)o2)cc1Cl. The summed E-state index contributed by atoms with van der Waals surface area (Å²) in [5.41, 5.74) is 2.31. The molecule has 3 rings (SSSR count). The van der Waals surface area contributed by atoms with Gasteiger partial charge in [-0.1, -0.05) is 46.9 Å². The molecule has 0 saturated heterocycles. The van der Waals surface area contributed by atoms with Crippen LogP contribution < -0.4 is 10.6 Å². The molecular weight excluding hydrogens is 451 g/mol. The van der Waals surface area contributed by atoms with E-state index in [0.29, 0.717) is 37.8 Å². The van der Waals surface area contributed by atoms with Gasteiger partial charge in [0, 0.05) is 22.3 Å². The number of halogens is 3. The van der Waals surface area contributed by atoms with Crippen molar-refractivity contribution in [3.8, 4) is 11.3 Å². The van der Waals surface area contributed by atoms with E-state index in [2.05, 4.69) is 10.6 Å². The number of carbonyl (C=O) groups excluding carboxylic acids is 1. The van der Waals surface area contributed by atoms with Crippen molar-refractivity contribution in [3.63, 3.8) is 0 Å². The Morgan fingerprint density at radius 1 is 1.07 bits per heavy atom. The third-order valence-corrected chi connectivity index (χ3v) is 5.34. The number of hydrogen-bond donors (Lipinski definition) is 2. The fraction of sp³-hybridized carbons (Fsp3) is 0.0476. The Morgan fingerprint density at radius 2 is 1.86 bits per heavy atom. The molecular formula is C21H15Cl3N2O2S. The van der Waals surface area contributed by atoms with Gasteiger partial charge in [-0.2, -0.15) is 0 Å². The van der Waals surface area contributed by atoms with E-state index < -0.39 is 5.91 Å². The van der Waals surface area contributed by atoms with E-state index in [-0.39, 0.29) is 5.11 Å². The summed E-state index contributed by atoms with van der Waals surface area (Å²) in [4.78, 5) is 12.1. The maximum Gasteiger partial charge on any atom is 0.250 e. The number of carbonyl (C=O) groups is 1. The summed E-state index contributed by atoms with van der Waals surface area (Å²) in [5, 5.41) is 7.08. The molecule has 0 spiro atoms. The number of anilines is 1. The number of benzene rings is 2. The van der Waals surface area contributed by atoms with Gasteiger partial charge in [0.05, 0.1) is 10.0 Å². The lowest BCUT2D eigenvalue weighted by Gasteiger charge is -2.09. The Labute approximate surface area is 188 Å². The van der Waals surface area contributed by atoms with Gasteiger partial charge in [0.2, 0.25) is 5.91 Å². The molecule has 2 aromatic carbocycles. The summed E-state index contributed by atoms with van der Waals surface area (Å²) in [6, 6.07) is 14.2. The highest BCUT2D eigenvalue weighted by molar-refractivity contribution is 7.80. The molecule has 0 aliphatic rings. The molecule has 1 amide bonds. The van der Waals surface area contributed by atoms with Crippen LogP contribution in [-0.2, 0) is 4.79 Å². The zero-order valence-electron chi connectivity index (χ0n) is 15.1. The van der Waals surface area contributed by atoms with Gasteiger partial charge in [0.25, 0.3) is 0 Å². The zero-order valence-corrected chi connectivity index (χ0v) is 18.2. The van der Waals surface area contributed by atoms with Crippen molar-refractivity contribution in [3.05, 3.63) is 81.0 Å². The van der Waals surface area contributed by atoms with Crippen molar-refractivity contribution in [2.45, 2.75) is 6.92 Å². The van der Waals surface area contributed by atoms with Crippen LogP contribution in [0.3, 0.4) is 0 Å². The van der Waals surface area contributed by atoms with Gasteiger partial charge in [0.15, 0.2) is 5.11 Å². The van der Waals surface area contributed by atoms with E-state index in [1.807, 2.05) is 19.1 Å². The Kier molecular flexibility index (Phi) is 6.98. The summed E-state index contributed by atoms with van der Waals surface area (Å²) in [7, 11) is 0. The highest BCUT2D eigenvalue weighted by atomic mass is 35.5. The Morgan fingerprint density at radius 3 is 2.62 bits per heavy atom. The lowest BCUT2D eigenvalue weighted by Crippen LogP contribution is -2.32. The summed E-state index contributed by atoms with van der Waals surface area (Å²) >= 11 is 23.5. The molecule has 0 aliphatic carbocycles. The molecule has 0 unspecified atom stereocenters. The summed E-state index contributed by atoms with van der Waals surface area (Å²) < 4.78 is 5.71. The molecule has 29 heavy (non-hydrogen) atoms. The molecule has 148 valence electrons. The minimum absolute atomic E-state index is 0.158. The van der Waals surface area contributed by atoms with Gasteiger partial charge in [0.1, 0.15) is 11.5 Å². The van der Waals surface area contributed by atoms with Crippen LogP contribution in [0.2, 0.25) is 15.1 Å². The average Bonchev–Trinajstić information content (AvgIpc) is 3.14. The zero-order chi connectivity index (χ0) is 21.0. The Bertz CT molecular complexity index is 1110. The molecule has 0 saturated carbocycles. The van der Waals surface area contributed by atoms with Crippen LogP contribution >= 0.6 is 47.0 Å². The lowest BCUT2D eigenvalue weighted by molar-refractivity contribution is -0.115. The number of aryl methyl sites for hydroxylation is 1. The second kappa shape index (κ2) is 9.46. The minimum atomic E-state index is -0.403. The number of rotatable bonds is 4.